The topological polar surface area (TPSA) is 86.2 Å². The molecule has 7 nitrogen and oxygen atoms in total. The van der Waals surface area contributed by atoms with Gasteiger partial charge in [-0.15, -0.1) is 0 Å². The fourth-order valence-corrected chi connectivity index (χ4v) is 2.72. The van der Waals surface area contributed by atoms with Gasteiger partial charge < -0.3 is 24.9 Å². The van der Waals surface area contributed by atoms with Crippen molar-refractivity contribution in [3.05, 3.63) is 54.5 Å². The van der Waals surface area contributed by atoms with Gasteiger partial charge in [-0.1, -0.05) is 6.07 Å². The van der Waals surface area contributed by atoms with Crippen LogP contribution in [-0.2, 0) is 6.42 Å². The number of hydrogen-bond acceptors (Lipinski definition) is 4. The van der Waals surface area contributed by atoms with Gasteiger partial charge in [0, 0.05) is 31.4 Å². The van der Waals surface area contributed by atoms with Crippen LogP contribution in [0.25, 0.3) is 5.65 Å². The Hall–Kier alpha value is -3.22. The molecule has 0 bridgehead atoms. The molecule has 2 aromatic heterocycles. The maximum atomic E-state index is 6.05. The standard InChI is InChI=1S/C20H25N5O2/c1-3-26-16-8-9-18(27-4-2)17(13-16)24-20(21)22-11-10-15-14-25-12-6-5-7-19(25)23-15/h5-9,12-14H,3-4,10-11H2,1-2H3,(H3,21,22,24). The molecule has 0 fully saturated rings. The molecule has 0 aliphatic carbocycles. The highest BCUT2D eigenvalue weighted by Crippen LogP contribution is 2.29. The largest absolute Gasteiger partial charge is 0.494 e. The van der Waals surface area contributed by atoms with E-state index in [1.807, 2.05) is 67.0 Å². The summed E-state index contributed by atoms with van der Waals surface area (Å²) in [5, 5.41) is 3.10. The van der Waals surface area contributed by atoms with Gasteiger partial charge in [0.1, 0.15) is 17.1 Å². The van der Waals surface area contributed by atoms with E-state index in [1.54, 1.807) is 0 Å². The van der Waals surface area contributed by atoms with E-state index in [4.69, 9.17) is 15.2 Å². The Labute approximate surface area is 158 Å². The summed E-state index contributed by atoms with van der Waals surface area (Å²) in [6, 6.07) is 11.5. The maximum absolute atomic E-state index is 6.05. The Kier molecular flexibility index (Phi) is 6.14. The molecular weight excluding hydrogens is 342 g/mol. The SMILES string of the molecule is CCOc1ccc(OCC)c(NC(N)=NCCc2cn3ccccc3n2)c1. The fourth-order valence-electron chi connectivity index (χ4n) is 2.72. The Bertz CT molecular complexity index is 887. The van der Waals surface area contributed by atoms with Crippen LogP contribution in [0.5, 0.6) is 11.5 Å². The second kappa shape index (κ2) is 8.93. The number of nitrogens with two attached hydrogens (primary N) is 1. The minimum Gasteiger partial charge on any atom is -0.494 e. The average molecular weight is 367 g/mol. The van der Waals surface area contributed by atoms with E-state index in [9.17, 15) is 0 Å². The highest BCUT2D eigenvalue weighted by atomic mass is 16.5. The molecule has 0 saturated heterocycles. The molecule has 142 valence electrons. The highest BCUT2D eigenvalue weighted by Gasteiger charge is 2.07. The van der Waals surface area contributed by atoms with Gasteiger partial charge in [-0.05, 0) is 38.1 Å². The van der Waals surface area contributed by atoms with Crippen molar-refractivity contribution in [1.29, 1.82) is 0 Å². The summed E-state index contributed by atoms with van der Waals surface area (Å²) in [5.74, 6) is 1.79. The average Bonchev–Trinajstić information content (AvgIpc) is 3.07. The van der Waals surface area contributed by atoms with Crippen LogP contribution in [0, 0.1) is 0 Å². The lowest BCUT2D eigenvalue weighted by atomic mass is 10.2. The van der Waals surface area contributed by atoms with Crippen LogP contribution in [0.3, 0.4) is 0 Å². The Balaban J connectivity index is 1.64. The number of benzene rings is 1. The molecule has 0 aliphatic rings. The Morgan fingerprint density at radius 3 is 2.81 bits per heavy atom. The molecule has 3 rings (SSSR count). The number of nitrogens with one attached hydrogen (secondary N) is 1. The molecule has 7 heteroatoms. The van der Waals surface area contributed by atoms with Gasteiger partial charge in [-0.3, -0.25) is 4.99 Å². The van der Waals surface area contributed by atoms with Crippen molar-refractivity contribution in [2.24, 2.45) is 10.7 Å². The van der Waals surface area contributed by atoms with Crippen LogP contribution in [0.15, 0.2) is 53.8 Å². The number of aliphatic imine (C=N–C) groups is 1. The zero-order chi connectivity index (χ0) is 19.1. The molecule has 3 N–H and O–H groups in total. The molecule has 0 radical (unpaired) electrons. The summed E-state index contributed by atoms with van der Waals surface area (Å²) in [6.07, 6.45) is 4.69. The number of aromatic nitrogens is 2. The zero-order valence-electron chi connectivity index (χ0n) is 15.7. The van der Waals surface area contributed by atoms with E-state index in [-0.39, 0.29) is 0 Å². The van der Waals surface area contributed by atoms with E-state index in [0.29, 0.717) is 37.9 Å². The third-order valence-electron chi connectivity index (χ3n) is 3.89. The number of guanidine groups is 1. The lowest BCUT2D eigenvalue weighted by molar-refractivity contribution is 0.332. The lowest BCUT2D eigenvalue weighted by Crippen LogP contribution is -2.23. The lowest BCUT2D eigenvalue weighted by Gasteiger charge is -2.13. The Morgan fingerprint density at radius 1 is 1.19 bits per heavy atom. The number of hydrogen-bond donors (Lipinski definition) is 2. The molecule has 0 unspecified atom stereocenters. The van der Waals surface area contributed by atoms with Crippen molar-refractivity contribution in [2.75, 3.05) is 25.1 Å². The second-order valence-corrected chi connectivity index (χ2v) is 5.86. The van der Waals surface area contributed by atoms with Gasteiger partial charge in [0.2, 0.25) is 0 Å². The van der Waals surface area contributed by atoms with Gasteiger partial charge in [-0.2, -0.15) is 0 Å². The molecule has 0 spiro atoms. The summed E-state index contributed by atoms with van der Waals surface area (Å²) < 4.78 is 13.2. The number of fused-ring (bicyclic) bond motifs is 1. The second-order valence-electron chi connectivity index (χ2n) is 5.86. The molecule has 0 atom stereocenters. The third kappa shape index (κ3) is 4.91. The molecule has 0 saturated carbocycles. The van der Waals surface area contributed by atoms with Crippen LogP contribution < -0.4 is 20.5 Å². The molecule has 27 heavy (non-hydrogen) atoms. The van der Waals surface area contributed by atoms with Crippen LogP contribution in [0.2, 0.25) is 0 Å². The van der Waals surface area contributed by atoms with Gasteiger partial charge in [-0.25, -0.2) is 4.98 Å². The van der Waals surface area contributed by atoms with E-state index < -0.39 is 0 Å². The quantitative estimate of drug-likeness (QED) is 0.472. The van der Waals surface area contributed by atoms with Gasteiger partial charge in [0.15, 0.2) is 5.96 Å². The third-order valence-corrected chi connectivity index (χ3v) is 3.89. The Morgan fingerprint density at radius 2 is 2.04 bits per heavy atom. The predicted octanol–water partition coefficient (Wildman–Crippen LogP) is 3.10. The molecule has 0 aliphatic heterocycles. The van der Waals surface area contributed by atoms with Crippen molar-refractivity contribution in [1.82, 2.24) is 9.38 Å². The molecule has 3 aromatic rings. The molecule has 0 amide bonds. The predicted molar refractivity (Wildman–Crippen MR) is 108 cm³/mol. The number of nitrogens with zero attached hydrogens (tertiary/aromatic N) is 3. The first-order valence-electron chi connectivity index (χ1n) is 9.08. The van der Waals surface area contributed by atoms with Crippen molar-refractivity contribution in [3.8, 4) is 11.5 Å². The number of anilines is 1. The van der Waals surface area contributed by atoms with E-state index in [1.165, 1.54) is 0 Å². The summed E-state index contributed by atoms with van der Waals surface area (Å²) >= 11 is 0. The van der Waals surface area contributed by atoms with Crippen molar-refractivity contribution < 1.29 is 9.47 Å². The zero-order valence-corrected chi connectivity index (χ0v) is 15.7. The van der Waals surface area contributed by atoms with Gasteiger partial charge >= 0.3 is 0 Å². The fraction of sp³-hybridized carbons (Fsp3) is 0.300. The first kappa shape index (κ1) is 18.6. The number of ether oxygens (including phenoxy) is 2. The van der Waals surface area contributed by atoms with Crippen molar-refractivity contribution in [2.45, 2.75) is 20.3 Å². The van der Waals surface area contributed by atoms with Crippen molar-refractivity contribution >= 4 is 17.3 Å². The molecule has 2 heterocycles. The first-order valence-corrected chi connectivity index (χ1v) is 9.08. The minimum absolute atomic E-state index is 0.327. The van der Waals surface area contributed by atoms with Crippen LogP contribution in [0.4, 0.5) is 5.69 Å². The van der Waals surface area contributed by atoms with Crippen LogP contribution in [0.1, 0.15) is 19.5 Å². The summed E-state index contributed by atoms with van der Waals surface area (Å²) in [4.78, 5) is 8.96. The van der Waals surface area contributed by atoms with Gasteiger partial charge in [0.05, 0.1) is 24.6 Å². The number of rotatable bonds is 8. The number of imidazole rings is 1. The monoisotopic (exact) mass is 367 g/mol. The first-order chi connectivity index (χ1) is 13.2. The van der Waals surface area contributed by atoms with Crippen molar-refractivity contribution in [3.63, 3.8) is 0 Å². The summed E-state index contributed by atoms with van der Waals surface area (Å²) in [7, 11) is 0. The summed E-state index contributed by atoms with van der Waals surface area (Å²) in [6.45, 7) is 5.58. The van der Waals surface area contributed by atoms with E-state index >= 15 is 0 Å². The summed E-state index contributed by atoms with van der Waals surface area (Å²) in [5.41, 5.74) is 8.69. The molecular formula is C20H25N5O2. The molecule has 1 aromatic carbocycles. The normalized spacial score (nSPS) is 11.6. The minimum atomic E-state index is 0.327. The van der Waals surface area contributed by atoms with Crippen LogP contribution >= 0.6 is 0 Å². The van der Waals surface area contributed by atoms with E-state index in [2.05, 4.69) is 15.3 Å². The highest BCUT2D eigenvalue weighted by molar-refractivity contribution is 5.94. The van der Waals surface area contributed by atoms with Crippen LogP contribution in [-0.4, -0.2) is 35.1 Å². The van der Waals surface area contributed by atoms with Gasteiger partial charge in [0.25, 0.3) is 0 Å². The van der Waals surface area contributed by atoms with E-state index in [0.717, 1.165) is 22.8 Å². The maximum Gasteiger partial charge on any atom is 0.193 e. The number of pyridine rings is 1. The smallest absolute Gasteiger partial charge is 0.193 e.